The Morgan fingerprint density at radius 3 is 1.63 bits per heavy atom. The molecule has 0 heterocycles. The van der Waals surface area contributed by atoms with E-state index in [1.807, 2.05) is 0 Å². The van der Waals surface area contributed by atoms with Crippen molar-refractivity contribution >= 4 is 44.4 Å². The first-order valence-electron chi connectivity index (χ1n) is 13.2. The van der Waals surface area contributed by atoms with E-state index in [4.69, 9.17) is 0 Å². The van der Waals surface area contributed by atoms with Crippen molar-refractivity contribution in [3.63, 3.8) is 0 Å². The van der Waals surface area contributed by atoms with Crippen LogP contribution >= 0.6 is 24.8 Å². The van der Waals surface area contributed by atoms with Crippen molar-refractivity contribution in [1.82, 2.24) is 3.26 Å². The molecule has 0 saturated carbocycles. The van der Waals surface area contributed by atoms with E-state index in [2.05, 4.69) is 148 Å². The second-order valence-electron chi connectivity index (χ2n) is 12.4. The third-order valence-electron chi connectivity index (χ3n) is 7.73. The van der Waals surface area contributed by atoms with Gasteiger partial charge < -0.3 is 0 Å². The van der Waals surface area contributed by atoms with Gasteiger partial charge in [-0.1, -0.05) is 0 Å². The van der Waals surface area contributed by atoms with Crippen LogP contribution in [0.5, 0.6) is 0 Å². The minimum absolute atomic E-state index is 0. The summed E-state index contributed by atoms with van der Waals surface area (Å²) in [6.45, 7) is 14.7. The van der Waals surface area contributed by atoms with Gasteiger partial charge in [-0.05, 0) is 0 Å². The van der Waals surface area contributed by atoms with Gasteiger partial charge in [0.1, 0.15) is 0 Å². The van der Waals surface area contributed by atoms with E-state index in [9.17, 15) is 0 Å². The molecule has 0 fully saturated rings. The number of halogens is 2. The van der Waals surface area contributed by atoms with Crippen LogP contribution in [0.3, 0.4) is 0 Å². The molecule has 1 aliphatic carbocycles. The molecule has 1 aliphatic rings. The molecule has 1 nitrogen and oxygen atoms in total. The first-order valence-corrected chi connectivity index (χ1v) is 22.9. The van der Waals surface area contributed by atoms with Crippen molar-refractivity contribution in [3.05, 3.63) is 114 Å². The zero-order valence-electron chi connectivity index (χ0n) is 23.4. The predicted molar refractivity (Wildman–Crippen MR) is 171 cm³/mol. The van der Waals surface area contributed by atoms with Crippen LogP contribution in [0.4, 0.5) is 0 Å². The average molecular weight is 642 g/mol. The van der Waals surface area contributed by atoms with Gasteiger partial charge in [0.25, 0.3) is 0 Å². The fraction of sp³-hybridized carbons (Fsp3) is 0.273. The van der Waals surface area contributed by atoms with E-state index < -0.39 is 25.6 Å². The fourth-order valence-corrected chi connectivity index (χ4v) is 43.2. The number of fused-ring (bicyclic) bond motifs is 3. The molecule has 0 bridgehead atoms. The summed E-state index contributed by atoms with van der Waals surface area (Å²) in [7, 11) is 0. The molecule has 0 amide bonds. The van der Waals surface area contributed by atoms with Gasteiger partial charge in [0.15, 0.2) is 0 Å². The molecular weight excluding hydrogens is 601 g/mol. The summed E-state index contributed by atoms with van der Waals surface area (Å²) in [5, 5.41) is 3.14. The predicted octanol–water partition coefficient (Wildman–Crippen LogP) is 6.94. The Morgan fingerprint density at radius 2 is 1.11 bits per heavy atom. The van der Waals surface area contributed by atoms with Crippen molar-refractivity contribution in [2.75, 3.05) is 0 Å². The SMILES string of the molecule is CC(C)(C)[NH][Zr]([c]1cccc2c1Cc1ccccc1-2)([SiH](c1ccccc1)c1ccccc1)[C](C)(C)C.Cl.Cl. The third-order valence-corrected chi connectivity index (χ3v) is 41.7. The Balaban J connectivity index is 0.00000200. The van der Waals surface area contributed by atoms with Gasteiger partial charge in [0, 0.05) is 0 Å². The summed E-state index contributed by atoms with van der Waals surface area (Å²) in [5.41, 5.74) is 5.97. The first kappa shape index (κ1) is 31.1. The zero-order valence-corrected chi connectivity index (χ0v) is 28.7. The molecule has 0 spiro atoms. The molecule has 1 unspecified atom stereocenters. The van der Waals surface area contributed by atoms with E-state index in [1.165, 1.54) is 16.7 Å². The number of rotatable bonds is 5. The molecule has 0 aromatic heterocycles. The standard InChI is InChI=1S/C13H9.C12H11Si.C4H10N.C4H9.2ClH.Zr/c1-3-7-12-10(5-1)9-11-6-2-4-8-13(11)12;1-3-7-11(8-4-1)13-12-9-5-2-6-10-12;1-4(2,3)5;1-4(2)3;;;/h1-5,7-8H,9H2;1-10,13H;5H,1-3H3;1-3H3;2*1H;/q;;-1;;;;+1. The van der Waals surface area contributed by atoms with Crippen LogP contribution in [0.2, 0.25) is 3.12 Å². The topological polar surface area (TPSA) is 12.0 Å². The maximum atomic E-state index is 4.55. The van der Waals surface area contributed by atoms with Crippen molar-refractivity contribution in [1.29, 1.82) is 0 Å². The summed E-state index contributed by atoms with van der Waals surface area (Å²) in [6.07, 6.45) is 1.05. The van der Waals surface area contributed by atoms with Crippen molar-refractivity contribution < 1.29 is 19.7 Å². The second-order valence-corrected chi connectivity index (χ2v) is 33.5. The van der Waals surface area contributed by atoms with Gasteiger partial charge in [-0.3, -0.25) is 0 Å². The van der Waals surface area contributed by atoms with Crippen molar-refractivity contribution in [3.8, 4) is 11.1 Å². The minimum Gasteiger partial charge on any atom is -0.147 e. The fourth-order valence-electron chi connectivity index (χ4n) is 6.42. The Bertz CT molecular complexity index is 1320. The molecule has 5 heteroatoms. The van der Waals surface area contributed by atoms with Crippen molar-refractivity contribution in [2.45, 2.75) is 56.6 Å². The normalized spacial score (nSPS) is 14.1. The van der Waals surface area contributed by atoms with Crippen LogP contribution < -0.4 is 16.9 Å². The number of hydrogen-bond donors (Lipinski definition) is 1. The smallest absolute Gasteiger partial charge is 0.147 e. The van der Waals surface area contributed by atoms with Gasteiger partial charge in [0.2, 0.25) is 0 Å². The van der Waals surface area contributed by atoms with Crippen LogP contribution in [0.15, 0.2) is 103 Å². The summed E-state index contributed by atoms with van der Waals surface area (Å²) in [6, 6.07) is 39.3. The molecule has 38 heavy (non-hydrogen) atoms. The molecule has 4 aromatic carbocycles. The average Bonchev–Trinajstić information content (AvgIpc) is 3.22. The molecule has 1 atom stereocenters. The second kappa shape index (κ2) is 11.9. The Kier molecular flexibility index (Phi) is 9.76. The van der Waals surface area contributed by atoms with Crippen LogP contribution in [0, 0.1) is 0 Å². The van der Waals surface area contributed by atoms with E-state index >= 15 is 0 Å². The van der Waals surface area contributed by atoms with Crippen LogP contribution in [-0.4, -0.2) is 11.5 Å². The molecule has 0 radical (unpaired) electrons. The van der Waals surface area contributed by atoms with Gasteiger partial charge in [0.05, 0.1) is 0 Å². The van der Waals surface area contributed by atoms with Gasteiger partial charge in [-0.15, -0.1) is 24.8 Å². The summed E-state index contributed by atoms with van der Waals surface area (Å²) < 4.78 is 6.40. The van der Waals surface area contributed by atoms with Crippen LogP contribution in [0.25, 0.3) is 11.1 Å². The number of nitrogens with one attached hydrogen (secondary N) is 1. The maximum absolute atomic E-state index is 4.55. The molecule has 1 N–H and O–H groups in total. The monoisotopic (exact) mass is 639 g/mol. The molecule has 200 valence electrons. The van der Waals surface area contributed by atoms with Crippen LogP contribution in [-0.2, 0) is 26.1 Å². The summed E-state index contributed by atoms with van der Waals surface area (Å²) in [4.78, 5) is 0. The Labute approximate surface area is 247 Å². The van der Waals surface area contributed by atoms with Crippen LogP contribution in [0.1, 0.15) is 52.7 Å². The largest absolute Gasteiger partial charge is 0.147 e. The summed E-state index contributed by atoms with van der Waals surface area (Å²) >= 11 is -3.55. The quantitative estimate of drug-likeness (QED) is 0.205. The molecule has 5 rings (SSSR count). The molecule has 0 saturated heterocycles. The minimum atomic E-state index is -3.55. The van der Waals surface area contributed by atoms with E-state index in [0.717, 1.165) is 6.42 Å². The van der Waals surface area contributed by atoms with Gasteiger partial charge in [-0.2, -0.15) is 0 Å². The maximum Gasteiger partial charge on any atom is -0.147 e. The Hall–Kier alpha value is -1.48. The Morgan fingerprint density at radius 1 is 0.605 bits per heavy atom. The van der Waals surface area contributed by atoms with Gasteiger partial charge in [-0.25, -0.2) is 0 Å². The molecular formula is C33H41Cl2NSiZr. The molecule has 4 aromatic rings. The number of benzene rings is 4. The van der Waals surface area contributed by atoms with E-state index in [0.29, 0.717) is 0 Å². The first-order chi connectivity index (χ1) is 17.1. The van der Waals surface area contributed by atoms with Gasteiger partial charge >= 0.3 is 225 Å². The summed E-state index contributed by atoms with van der Waals surface area (Å²) in [5.74, 6) is -1.69. The number of hydrogen-bond acceptors (Lipinski definition) is 1. The molecule has 0 aliphatic heterocycles. The van der Waals surface area contributed by atoms with E-state index in [1.54, 1.807) is 19.2 Å². The third kappa shape index (κ3) is 5.70. The van der Waals surface area contributed by atoms with Crippen molar-refractivity contribution in [2.24, 2.45) is 0 Å². The van der Waals surface area contributed by atoms with E-state index in [-0.39, 0.29) is 33.5 Å². The zero-order chi connectivity index (χ0) is 25.6.